The van der Waals surface area contributed by atoms with Crippen molar-refractivity contribution in [1.29, 1.82) is 0 Å². The van der Waals surface area contributed by atoms with E-state index in [1.54, 1.807) is 0 Å². The maximum atomic E-state index is 11.4. The van der Waals surface area contributed by atoms with Crippen LogP contribution in [0.2, 0.25) is 0 Å². The second-order valence-corrected chi connectivity index (χ2v) is 5.20. The zero-order valence-electron chi connectivity index (χ0n) is 12.1. The summed E-state index contributed by atoms with van der Waals surface area (Å²) in [7, 11) is 0. The molecule has 0 bridgehead atoms. The van der Waals surface area contributed by atoms with Crippen LogP contribution in [0, 0.1) is 5.92 Å². The van der Waals surface area contributed by atoms with Gasteiger partial charge in [-0.3, -0.25) is 4.79 Å². The van der Waals surface area contributed by atoms with Gasteiger partial charge in [0.15, 0.2) is 0 Å². The van der Waals surface area contributed by atoms with Crippen molar-refractivity contribution in [2.24, 2.45) is 5.92 Å². The summed E-state index contributed by atoms with van der Waals surface area (Å²) in [5.74, 6) is 0.650. The first kappa shape index (κ1) is 16.6. The molecule has 0 amide bonds. The van der Waals surface area contributed by atoms with E-state index >= 15 is 0 Å². The molecule has 2 heteroatoms. The van der Waals surface area contributed by atoms with Gasteiger partial charge in [0.05, 0.1) is 0 Å². The lowest BCUT2D eigenvalue weighted by Gasteiger charge is -2.04. The summed E-state index contributed by atoms with van der Waals surface area (Å²) in [4.78, 5) is 11.4. The molecule has 0 saturated carbocycles. The fourth-order valence-electron chi connectivity index (χ4n) is 1.90. The van der Waals surface area contributed by atoms with E-state index in [1.807, 2.05) is 13.8 Å². The Hall–Kier alpha value is -0.370. The first-order valence-corrected chi connectivity index (χ1v) is 7.42. The minimum Gasteiger partial charge on any atom is -0.317 e. The largest absolute Gasteiger partial charge is 0.317 e. The first-order chi connectivity index (χ1) is 8.18. The smallest absolute Gasteiger partial charge is 0.135 e. The number of hydrogen-bond donors (Lipinski definition) is 1. The van der Waals surface area contributed by atoms with Crippen LogP contribution >= 0.6 is 0 Å². The van der Waals surface area contributed by atoms with Crippen LogP contribution in [0.5, 0.6) is 0 Å². The van der Waals surface area contributed by atoms with Gasteiger partial charge in [-0.1, -0.05) is 52.9 Å². The molecule has 0 spiro atoms. The number of unbranched alkanes of at least 4 members (excludes halogenated alkanes) is 6. The van der Waals surface area contributed by atoms with Gasteiger partial charge < -0.3 is 5.32 Å². The Morgan fingerprint density at radius 2 is 1.53 bits per heavy atom. The van der Waals surface area contributed by atoms with Crippen molar-refractivity contribution < 1.29 is 6.22 Å². The minimum atomic E-state index is 0. The predicted octanol–water partition coefficient (Wildman–Crippen LogP) is 4.19. The Balaban J connectivity index is 0. The summed E-state index contributed by atoms with van der Waals surface area (Å²) in [5.41, 5.74) is 0. The molecule has 104 valence electrons. The van der Waals surface area contributed by atoms with E-state index in [-0.39, 0.29) is 7.34 Å². The molecule has 0 heterocycles. The molecule has 1 N–H and O–H groups in total. The normalized spacial score (nSPS) is 11.1. The van der Waals surface area contributed by atoms with E-state index < -0.39 is 0 Å². The summed E-state index contributed by atoms with van der Waals surface area (Å²) in [6.07, 6.45) is 9.74. The molecule has 0 atom stereocenters. The molecule has 0 radical (unpaired) electrons. The van der Waals surface area contributed by atoms with Crippen LogP contribution in [-0.2, 0) is 4.79 Å². The molecule has 0 aliphatic rings. The molecule has 17 heavy (non-hydrogen) atoms. The van der Waals surface area contributed by atoms with Crippen LogP contribution in [0.3, 0.4) is 0 Å². The maximum absolute atomic E-state index is 11.4. The molecule has 0 aliphatic heterocycles. The number of Topliss-reactive ketones (excluding diaryl/α,β-unsaturated/α-hetero) is 1. The van der Waals surface area contributed by atoms with Gasteiger partial charge in [0.25, 0.3) is 0 Å². The predicted molar refractivity (Wildman–Crippen MR) is 77.4 cm³/mol. The van der Waals surface area contributed by atoms with Gasteiger partial charge in [-0.25, -0.2) is 0 Å². The molecule has 2 nitrogen and oxygen atoms in total. The second kappa shape index (κ2) is 12.1. The van der Waals surface area contributed by atoms with Gasteiger partial charge in [0.1, 0.15) is 5.78 Å². The molecule has 0 aliphatic carbocycles. The SMILES string of the molecule is CCNCCCCCCCCCC(=O)C(C)C.[HH]. The van der Waals surface area contributed by atoms with Gasteiger partial charge in [0.2, 0.25) is 0 Å². The van der Waals surface area contributed by atoms with Crippen molar-refractivity contribution in [3.8, 4) is 0 Å². The quantitative estimate of drug-likeness (QED) is 0.521. The van der Waals surface area contributed by atoms with Crippen molar-refractivity contribution in [1.82, 2.24) is 5.32 Å². The van der Waals surface area contributed by atoms with E-state index in [0.717, 1.165) is 19.4 Å². The molecular weight excluding hydrogens is 210 g/mol. The van der Waals surface area contributed by atoms with Crippen LogP contribution in [0.15, 0.2) is 0 Å². The molecule has 0 aromatic heterocycles. The van der Waals surface area contributed by atoms with Crippen LogP contribution in [0.4, 0.5) is 0 Å². The van der Waals surface area contributed by atoms with E-state index in [0.29, 0.717) is 5.78 Å². The van der Waals surface area contributed by atoms with E-state index in [2.05, 4.69) is 12.2 Å². The van der Waals surface area contributed by atoms with Gasteiger partial charge in [-0.2, -0.15) is 0 Å². The first-order valence-electron chi connectivity index (χ1n) is 7.42. The Labute approximate surface area is 109 Å². The van der Waals surface area contributed by atoms with E-state index in [1.165, 1.54) is 45.1 Å². The minimum absolute atomic E-state index is 0. The fraction of sp³-hybridized carbons (Fsp3) is 0.933. The van der Waals surface area contributed by atoms with Crippen LogP contribution in [0.25, 0.3) is 0 Å². The lowest BCUT2D eigenvalue weighted by atomic mass is 10.0. The third-order valence-electron chi connectivity index (χ3n) is 3.17. The van der Waals surface area contributed by atoms with Crippen molar-refractivity contribution in [2.75, 3.05) is 13.1 Å². The molecule has 0 aromatic rings. The standard InChI is InChI=1S/C15H31NO.H2/c1-4-16-13-11-9-7-5-6-8-10-12-15(17)14(2)3;/h14,16H,4-13H2,1-3H3;1H. The number of hydrogen-bond acceptors (Lipinski definition) is 2. The Morgan fingerprint density at radius 3 is 2.06 bits per heavy atom. The summed E-state index contributed by atoms with van der Waals surface area (Å²) in [5, 5.41) is 3.34. The zero-order valence-corrected chi connectivity index (χ0v) is 12.1. The van der Waals surface area contributed by atoms with Crippen LogP contribution < -0.4 is 5.32 Å². The third kappa shape index (κ3) is 11.9. The Kier molecular flexibility index (Phi) is 11.8. The number of nitrogens with one attached hydrogen (secondary N) is 1. The van der Waals surface area contributed by atoms with Gasteiger partial charge >= 0.3 is 0 Å². The van der Waals surface area contributed by atoms with Gasteiger partial charge in [-0.15, -0.1) is 0 Å². The highest BCUT2D eigenvalue weighted by molar-refractivity contribution is 5.80. The van der Waals surface area contributed by atoms with Gasteiger partial charge in [0, 0.05) is 13.8 Å². The topological polar surface area (TPSA) is 29.1 Å². The summed E-state index contributed by atoms with van der Waals surface area (Å²) >= 11 is 0. The number of carbonyl (C=O) groups is 1. The number of rotatable bonds is 12. The van der Waals surface area contributed by atoms with E-state index in [4.69, 9.17) is 0 Å². The molecule has 0 saturated heterocycles. The molecule has 0 rings (SSSR count). The summed E-state index contributed by atoms with van der Waals surface area (Å²) < 4.78 is 0. The number of ketones is 1. The van der Waals surface area contributed by atoms with Crippen molar-refractivity contribution in [3.05, 3.63) is 0 Å². The third-order valence-corrected chi connectivity index (χ3v) is 3.17. The highest BCUT2D eigenvalue weighted by atomic mass is 16.1. The van der Waals surface area contributed by atoms with Crippen molar-refractivity contribution >= 4 is 5.78 Å². The van der Waals surface area contributed by atoms with E-state index in [9.17, 15) is 4.79 Å². The van der Waals surface area contributed by atoms with Gasteiger partial charge in [-0.05, 0) is 25.9 Å². The fourth-order valence-corrected chi connectivity index (χ4v) is 1.90. The van der Waals surface area contributed by atoms with Crippen LogP contribution in [-0.4, -0.2) is 18.9 Å². The molecule has 0 unspecified atom stereocenters. The average molecular weight is 243 g/mol. The zero-order chi connectivity index (χ0) is 12.9. The monoisotopic (exact) mass is 243 g/mol. The van der Waals surface area contributed by atoms with Crippen LogP contribution in [0.1, 0.15) is 73.6 Å². The van der Waals surface area contributed by atoms with Crippen molar-refractivity contribution in [2.45, 2.75) is 72.1 Å². The Bertz CT molecular complexity index is 183. The Morgan fingerprint density at radius 1 is 1.00 bits per heavy atom. The number of carbonyl (C=O) groups excluding carboxylic acids is 1. The second-order valence-electron chi connectivity index (χ2n) is 5.20. The summed E-state index contributed by atoms with van der Waals surface area (Å²) in [6.45, 7) is 8.39. The highest BCUT2D eigenvalue weighted by Crippen LogP contribution is 2.10. The van der Waals surface area contributed by atoms with Crippen molar-refractivity contribution in [3.63, 3.8) is 0 Å². The molecule has 0 aromatic carbocycles. The maximum Gasteiger partial charge on any atom is 0.135 e. The average Bonchev–Trinajstić information content (AvgIpc) is 2.31. The molecular formula is C15H33NO. The summed E-state index contributed by atoms with van der Waals surface area (Å²) in [6, 6.07) is 0. The molecule has 0 fully saturated rings. The lowest BCUT2D eigenvalue weighted by Crippen LogP contribution is -2.13. The highest BCUT2D eigenvalue weighted by Gasteiger charge is 2.05. The lowest BCUT2D eigenvalue weighted by molar-refractivity contribution is -0.122.